The Labute approximate surface area is 152 Å². The summed E-state index contributed by atoms with van der Waals surface area (Å²) in [6, 6.07) is 6.97. The van der Waals surface area contributed by atoms with Gasteiger partial charge < -0.3 is 0 Å². The number of benzene rings is 1. The van der Waals surface area contributed by atoms with Crippen molar-refractivity contribution < 1.29 is 0 Å². The number of rotatable bonds is 2. The second-order valence-corrected chi connectivity index (χ2v) is 10.7. The topological polar surface area (TPSA) is 0 Å². The van der Waals surface area contributed by atoms with E-state index in [2.05, 4.69) is 87.4 Å². The van der Waals surface area contributed by atoms with Gasteiger partial charge in [-0.25, -0.2) is 0 Å². The van der Waals surface area contributed by atoms with Crippen molar-refractivity contribution in [2.75, 3.05) is 0 Å². The maximum absolute atomic E-state index is 2.38. The van der Waals surface area contributed by atoms with Crippen LogP contribution in [0.1, 0.15) is 80.4 Å². The lowest BCUT2D eigenvalue weighted by molar-refractivity contribution is 0.533. The summed E-state index contributed by atoms with van der Waals surface area (Å²) >= 11 is 0. The van der Waals surface area contributed by atoms with Gasteiger partial charge >= 0.3 is 0 Å². The molecule has 0 heterocycles. The Hall–Kier alpha value is -1.08. The van der Waals surface area contributed by atoms with Gasteiger partial charge in [-0.2, -0.15) is 0 Å². The molecule has 1 unspecified atom stereocenters. The summed E-state index contributed by atoms with van der Waals surface area (Å²) in [6.45, 7) is 23.4. The van der Waals surface area contributed by atoms with Crippen molar-refractivity contribution in [3.8, 4) is 0 Å². The Kier molecular flexibility index (Phi) is 5.08. The molecule has 24 heavy (non-hydrogen) atoms. The van der Waals surface area contributed by atoms with Crippen LogP contribution in [0.25, 0.3) is 0 Å². The lowest BCUT2D eigenvalue weighted by Gasteiger charge is -2.33. The average molecular weight is 339 g/mol. The number of hydrogen-bond donors (Lipinski definition) is 0. The van der Waals surface area contributed by atoms with Crippen molar-refractivity contribution in [1.29, 1.82) is 0 Å². The molecule has 1 heteroatoms. The highest BCUT2D eigenvalue weighted by Crippen LogP contribution is 2.37. The third-order valence-corrected chi connectivity index (χ3v) is 7.30. The van der Waals surface area contributed by atoms with Gasteiger partial charge in [-0.1, -0.05) is 88.2 Å². The van der Waals surface area contributed by atoms with E-state index in [0.717, 1.165) is 9.52 Å². The minimum Gasteiger partial charge on any atom is -0.0695 e. The monoisotopic (exact) mass is 338 g/mol. The summed E-state index contributed by atoms with van der Waals surface area (Å²) in [5, 5.41) is 3.18. The molecule has 0 aromatic heterocycles. The largest absolute Gasteiger partial charge is 0.117 e. The first-order chi connectivity index (χ1) is 10.9. The minimum absolute atomic E-state index is 0.167. The molecule has 1 atom stereocenters. The smallest absolute Gasteiger partial charge is 0.0695 e. The standard InChI is InChI=1S/C23H34Si/c1-14-15(2)17(4)21(16(14)3)24-19-13-11-12-18(22(5,6)7)20(19)23(8,9)10/h11-13,16H,1-10H3. The molecule has 1 aromatic rings. The third-order valence-electron chi connectivity index (χ3n) is 5.53. The van der Waals surface area contributed by atoms with E-state index in [9.17, 15) is 0 Å². The summed E-state index contributed by atoms with van der Waals surface area (Å²) in [6.07, 6.45) is 0. The normalized spacial score (nSPS) is 19.5. The number of hydrogen-bond acceptors (Lipinski definition) is 0. The van der Waals surface area contributed by atoms with Crippen LogP contribution >= 0.6 is 0 Å². The lowest BCUT2D eigenvalue weighted by Crippen LogP contribution is -2.34. The maximum atomic E-state index is 2.38. The highest BCUT2D eigenvalue weighted by molar-refractivity contribution is 6.62. The molecule has 2 rings (SSSR count). The summed E-state index contributed by atoms with van der Waals surface area (Å²) < 4.78 is 0. The molecule has 0 fully saturated rings. The van der Waals surface area contributed by atoms with Crippen LogP contribution < -0.4 is 5.19 Å². The van der Waals surface area contributed by atoms with Gasteiger partial charge in [0.1, 0.15) is 9.52 Å². The quantitative estimate of drug-likeness (QED) is 0.591. The van der Waals surface area contributed by atoms with Gasteiger partial charge in [0, 0.05) is 0 Å². The number of allylic oxidation sites excluding steroid dienone is 4. The van der Waals surface area contributed by atoms with Crippen molar-refractivity contribution in [3.05, 3.63) is 51.2 Å². The van der Waals surface area contributed by atoms with Gasteiger partial charge in [0.2, 0.25) is 0 Å². The van der Waals surface area contributed by atoms with Crippen molar-refractivity contribution in [1.82, 2.24) is 0 Å². The highest BCUT2D eigenvalue weighted by atomic mass is 28.2. The van der Waals surface area contributed by atoms with Crippen LogP contribution in [0.15, 0.2) is 40.1 Å². The maximum Gasteiger partial charge on any atom is 0.117 e. The summed E-state index contributed by atoms with van der Waals surface area (Å²) in [5.41, 5.74) is 8.00. The van der Waals surface area contributed by atoms with E-state index in [0.29, 0.717) is 5.92 Å². The fourth-order valence-corrected chi connectivity index (χ4v) is 5.71. The van der Waals surface area contributed by atoms with E-state index >= 15 is 0 Å². The Morgan fingerprint density at radius 1 is 0.833 bits per heavy atom. The Morgan fingerprint density at radius 2 is 1.42 bits per heavy atom. The van der Waals surface area contributed by atoms with E-state index in [1.165, 1.54) is 16.7 Å². The van der Waals surface area contributed by atoms with Crippen LogP contribution in [0.4, 0.5) is 0 Å². The lowest BCUT2D eigenvalue weighted by atomic mass is 9.75. The molecule has 2 radical (unpaired) electrons. The zero-order chi connectivity index (χ0) is 18.4. The van der Waals surface area contributed by atoms with Crippen LogP contribution in [0.5, 0.6) is 0 Å². The van der Waals surface area contributed by atoms with E-state index < -0.39 is 0 Å². The predicted octanol–water partition coefficient (Wildman–Crippen LogP) is 5.87. The van der Waals surface area contributed by atoms with Crippen LogP contribution in [-0.2, 0) is 10.8 Å². The van der Waals surface area contributed by atoms with Crippen LogP contribution in [0.2, 0.25) is 0 Å². The molecular formula is C23H34Si. The first-order valence-corrected chi connectivity index (χ1v) is 10.1. The fourth-order valence-electron chi connectivity index (χ4n) is 3.80. The molecular weight excluding hydrogens is 304 g/mol. The van der Waals surface area contributed by atoms with Crippen molar-refractivity contribution in [3.63, 3.8) is 0 Å². The molecule has 0 amide bonds. The molecule has 0 nitrogen and oxygen atoms in total. The second kappa shape index (κ2) is 6.33. The zero-order valence-electron chi connectivity index (χ0n) is 17.3. The van der Waals surface area contributed by atoms with Crippen molar-refractivity contribution in [2.45, 2.75) is 80.1 Å². The van der Waals surface area contributed by atoms with Gasteiger partial charge in [-0.05, 0) is 54.2 Å². The van der Waals surface area contributed by atoms with Crippen LogP contribution in [-0.4, -0.2) is 9.52 Å². The predicted molar refractivity (Wildman–Crippen MR) is 109 cm³/mol. The fraction of sp³-hybridized carbons (Fsp3) is 0.565. The minimum atomic E-state index is 0.167. The van der Waals surface area contributed by atoms with Gasteiger partial charge in [0.15, 0.2) is 0 Å². The van der Waals surface area contributed by atoms with Gasteiger partial charge in [-0.3, -0.25) is 0 Å². The van der Waals surface area contributed by atoms with Crippen molar-refractivity contribution in [2.24, 2.45) is 5.92 Å². The Bertz CT molecular complexity index is 703. The first-order valence-electron chi connectivity index (χ1n) is 9.15. The Morgan fingerprint density at radius 3 is 1.83 bits per heavy atom. The van der Waals surface area contributed by atoms with Crippen molar-refractivity contribution >= 4 is 14.7 Å². The molecule has 130 valence electrons. The average Bonchev–Trinajstić information content (AvgIpc) is 2.63. The molecule has 0 N–H and O–H groups in total. The molecule has 0 aliphatic heterocycles. The van der Waals surface area contributed by atoms with E-state index in [-0.39, 0.29) is 10.8 Å². The van der Waals surface area contributed by atoms with Gasteiger partial charge in [0.25, 0.3) is 0 Å². The third kappa shape index (κ3) is 3.47. The summed E-state index contributed by atoms with van der Waals surface area (Å²) in [5.74, 6) is 0.592. The molecule has 0 saturated heterocycles. The molecule has 0 spiro atoms. The van der Waals surface area contributed by atoms with Crippen LogP contribution in [0.3, 0.4) is 0 Å². The van der Waals surface area contributed by atoms with Gasteiger partial charge in [0.05, 0.1) is 0 Å². The molecule has 1 aliphatic rings. The zero-order valence-corrected chi connectivity index (χ0v) is 18.3. The highest BCUT2D eigenvalue weighted by Gasteiger charge is 2.30. The van der Waals surface area contributed by atoms with E-state index in [1.54, 1.807) is 21.5 Å². The van der Waals surface area contributed by atoms with Gasteiger partial charge in [-0.15, -0.1) is 0 Å². The Balaban J connectivity index is 2.58. The molecule has 1 aliphatic carbocycles. The molecule has 0 saturated carbocycles. The van der Waals surface area contributed by atoms with E-state index in [1.807, 2.05) is 0 Å². The second-order valence-electron chi connectivity index (χ2n) is 9.42. The first kappa shape index (κ1) is 19.2. The van der Waals surface area contributed by atoms with E-state index in [4.69, 9.17) is 0 Å². The summed E-state index contributed by atoms with van der Waals surface area (Å²) in [4.78, 5) is 0. The SMILES string of the molecule is CC1=C(C)C(C)C([Si]c2cccc(C(C)(C)C)c2C(C)(C)C)=C1C. The summed E-state index contributed by atoms with van der Waals surface area (Å²) in [7, 11) is 0.777. The molecule has 0 bridgehead atoms. The molecule has 1 aromatic carbocycles. The van der Waals surface area contributed by atoms with Crippen LogP contribution in [0, 0.1) is 5.92 Å².